The maximum atomic E-state index is 13.7. The number of amides is 2. The second-order valence-electron chi connectivity index (χ2n) is 11.9. The van der Waals surface area contributed by atoms with E-state index in [-0.39, 0.29) is 18.4 Å². The van der Waals surface area contributed by atoms with Gasteiger partial charge < -0.3 is 39.4 Å². The molecule has 2 amide bonds. The molecule has 2 N–H and O–H groups in total. The van der Waals surface area contributed by atoms with Crippen LogP contribution in [0.3, 0.4) is 0 Å². The first-order chi connectivity index (χ1) is 22.8. The summed E-state index contributed by atoms with van der Waals surface area (Å²) in [7, 11) is 5.41. The molecular weight excluding hydrogens is 596 g/mol. The maximum absolute atomic E-state index is 13.7. The number of para-hydroxylation sites is 2. The van der Waals surface area contributed by atoms with Gasteiger partial charge in [-0.1, -0.05) is 24.3 Å². The van der Waals surface area contributed by atoms with Crippen LogP contribution in [0.2, 0.25) is 0 Å². The predicted molar refractivity (Wildman–Crippen MR) is 185 cm³/mol. The van der Waals surface area contributed by atoms with Gasteiger partial charge in [0.05, 0.1) is 26.0 Å². The Hall–Kier alpha value is -4.28. The zero-order valence-corrected chi connectivity index (χ0v) is 28.3. The molecule has 1 saturated heterocycles. The van der Waals surface area contributed by atoms with E-state index in [0.717, 1.165) is 63.0 Å². The summed E-state index contributed by atoms with van der Waals surface area (Å²) in [4.78, 5) is 32.0. The molecule has 0 unspecified atom stereocenters. The second-order valence-corrected chi connectivity index (χ2v) is 11.9. The third-order valence-corrected chi connectivity index (χ3v) is 8.30. The molecule has 10 heteroatoms. The molecule has 3 aromatic carbocycles. The number of anilines is 1. The highest BCUT2D eigenvalue weighted by Crippen LogP contribution is 2.32. The van der Waals surface area contributed by atoms with Crippen LogP contribution in [0.5, 0.6) is 23.0 Å². The number of nitrogens with zero attached hydrogens (tertiary/aromatic N) is 3. The summed E-state index contributed by atoms with van der Waals surface area (Å²) in [5, 5.41) is 0. The molecule has 0 aromatic heterocycles. The van der Waals surface area contributed by atoms with E-state index < -0.39 is 0 Å². The first-order valence-electron chi connectivity index (χ1n) is 16.5. The van der Waals surface area contributed by atoms with Gasteiger partial charge in [0.1, 0.15) is 18.1 Å². The first-order valence-corrected chi connectivity index (χ1v) is 16.5. The van der Waals surface area contributed by atoms with Crippen LogP contribution in [-0.2, 0) is 11.4 Å². The zero-order chi connectivity index (χ0) is 33.6. The summed E-state index contributed by atoms with van der Waals surface area (Å²) in [5.41, 5.74) is 8.60. The number of hydrogen-bond acceptors (Lipinski definition) is 8. The Kier molecular flexibility index (Phi) is 13.7. The number of piperazine rings is 1. The monoisotopic (exact) mass is 646 g/mol. The fourth-order valence-corrected chi connectivity index (χ4v) is 5.37. The Balaban J connectivity index is 1.32. The van der Waals surface area contributed by atoms with Gasteiger partial charge in [0.25, 0.3) is 5.91 Å². The highest BCUT2D eigenvalue weighted by atomic mass is 16.5. The normalized spacial score (nSPS) is 13.3. The smallest absolute Gasteiger partial charge is 0.258 e. The van der Waals surface area contributed by atoms with E-state index in [1.165, 1.54) is 0 Å². The Labute approximate surface area is 279 Å². The van der Waals surface area contributed by atoms with Crippen molar-refractivity contribution < 1.29 is 28.5 Å². The predicted octanol–water partition coefficient (Wildman–Crippen LogP) is 5.30. The summed E-state index contributed by atoms with van der Waals surface area (Å²) < 4.78 is 23.7. The van der Waals surface area contributed by atoms with E-state index in [1.54, 1.807) is 31.2 Å². The van der Waals surface area contributed by atoms with Gasteiger partial charge in [-0.15, -0.1) is 0 Å². The molecule has 1 aliphatic rings. The summed E-state index contributed by atoms with van der Waals surface area (Å²) in [6, 6.07) is 18.7. The van der Waals surface area contributed by atoms with Crippen molar-refractivity contribution >= 4 is 17.5 Å². The number of carbonyl (C=O) groups excluding carboxylic acids is 2. The number of hydrogen-bond donors (Lipinski definition) is 1. The number of ether oxygens (including phenoxy) is 4. The Morgan fingerprint density at radius 1 is 0.809 bits per heavy atom. The van der Waals surface area contributed by atoms with Gasteiger partial charge >= 0.3 is 0 Å². The minimum atomic E-state index is -0.189. The lowest BCUT2D eigenvalue weighted by molar-refractivity contribution is -0.132. The molecule has 47 heavy (non-hydrogen) atoms. The standard InChI is InChI=1S/C37H50N4O6/c1-28-14-17-31(35(25-28)46-23-9-5-6-13-36(42)41-21-19-39(2)20-22-41)40(3)37(43)29-15-16-30(34(26-29)44-4)27-47-33-12-8-7-11-32(33)45-24-10-18-38/h7-8,11-12,14-17,25-26H,5-6,9-10,13,18-24,27,38H2,1-4H3. The van der Waals surface area contributed by atoms with Crippen molar-refractivity contribution in [2.75, 3.05) is 72.0 Å². The molecule has 1 aliphatic heterocycles. The summed E-state index contributed by atoms with van der Waals surface area (Å²) >= 11 is 0. The Bertz CT molecular complexity index is 1460. The third kappa shape index (κ3) is 10.4. The van der Waals surface area contributed by atoms with Crippen molar-refractivity contribution in [1.29, 1.82) is 0 Å². The van der Waals surface area contributed by atoms with E-state index in [0.29, 0.717) is 60.4 Å². The van der Waals surface area contributed by atoms with E-state index in [4.69, 9.17) is 24.7 Å². The minimum absolute atomic E-state index is 0.189. The summed E-state index contributed by atoms with van der Waals surface area (Å²) in [6.07, 6.45) is 3.89. The molecule has 0 atom stereocenters. The lowest BCUT2D eigenvalue weighted by Gasteiger charge is -2.32. The van der Waals surface area contributed by atoms with Gasteiger partial charge in [0, 0.05) is 50.8 Å². The average molecular weight is 647 g/mol. The van der Waals surface area contributed by atoms with E-state index in [1.807, 2.05) is 60.4 Å². The van der Waals surface area contributed by atoms with Gasteiger partial charge in [-0.3, -0.25) is 9.59 Å². The Morgan fingerprint density at radius 2 is 1.51 bits per heavy atom. The van der Waals surface area contributed by atoms with E-state index in [2.05, 4.69) is 11.9 Å². The molecule has 0 saturated carbocycles. The van der Waals surface area contributed by atoms with E-state index >= 15 is 0 Å². The van der Waals surface area contributed by atoms with Crippen molar-refractivity contribution in [3.63, 3.8) is 0 Å². The number of rotatable bonds is 17. The number of methoxy groups -OCH3 is 1. The average Bonchev–Trinajstić information content (AvgIpc) is 3.09. The van der Waals surface area contributed by atoms with Gasteiger partial charge in [0.2, 0.25) is 5.91 Å². The number of unbranched alkanes of at least 4 members (excludes halogenated alkanes) is 2. The van der Waals surface area contributed by atoms with Crippen LogP contribution in [0.1, 0.15) is 53.6 Å². The number of likely N-dealkylation sites (N-methyl/N-ethyl adjacent to an activating group) is 1. The summed E-state index contributed by atoms with van der Waals surface area (Å²) in [5.74, 6) is 2.53. The van der Waals surface area contributed by atoms with Crippen molar-refractivity contribution in [1.82, 2.24) is 9.80 Å². The number of carbonyl (C=O) groups is 2. The first kappa shape index (κ1) is 35.6. The van der Waals surface area contributed by atoms with Crippen molar-refractivity contribution in [2.45, 2.75) is 45.6 Å². The number of nitrogens with two attached hydrogens (primary N) is 1. The van der Waals surface area contributed by atoms with Crippen LogP contribution in [0.15, 0.2) is 60.7 Å². The molecule has 0 radical (unpaired) electrons. The van der Waals surface area contributed by atoms with Crippen molar-refractivity contribution in [3.05, 3.63) is 77.4 Å². The molecule has 0 aliphatic carbocycles. The van der Waals surface area contributed by atoms with Gasteiger partial charge in [-0.05, 0) is 88.2 Å². The fourth-order valence-electron chi connectivity index (χ4n) is 5.37. The van der Waals surface area contributed by atoms with Gasteiger partial charge in [0.15, 0.2) is 11.5 Å². The minimum Gasteiger partial charge on any atom is -0.496 e. The molecule has 0 spiro atoms. The highest BCUT2D eigenvalue weighted by molar-refractivity contribution is 6.06. The maximum Gasteiger partial charge on any atom is 0.258 e. The van der Waals surface area contributed by atoms with Crippen molar-refractivity contribution in [2.24, 2.45) is 5.73 Å². The molecule has 0 bridgehead atoms. The van der Waals surface area contributed by atoms with Crippen LogP contribution in [-0.4, -0.2) is 88.8 Å². The molecular formula is C37H50N4O6. The lowest BCUT2D eigenvalue weighted by Crippen LogP contribution is -2.47. The Morgan fingerprint density at radius 3 is 2.23 bits per heavy atom. The quantitative estimate of drug-likeness (QED) is 0.197. The molecule has 10 nitrogen and oxygen atoms in total. The molecule has 4 rings (SSSR count). The number of aryl methyl sites for hydroxylation is 1. The SMILES string of the molecule is COc1cc(C(=O)N(C)c2ccc(C)cc2OCCCCCC(=O)N2CCN(C)CC2)ccc1COc1ccccc1OCCCN. The summed E-state index contributed by atoms with van der Waals surface area (Å²) in [6.45, 7) is 7.31. The van der Waals surface area contributed by atoms with Crippen LogP contribution in [0.4, 0.5) is 5.69 Å². The number of benzene rings is 3. The third-order valence-electron chi connectivity index (χ3n) is 8.30. The van der Waals surface area contributed by atoms with Gasteiger partial charge in [-0.2, -0.15) is 0 Å². The van der Waals surface area contributed by atoms with Crippen LogP contribution in [0, 0.1) is 6.92 Å². The van der Waals surface area contributed by atoms with Crippen LogP contribution in [0.25, 0.3) is 0 Å². The lowest BCUT2D eigenvalue weighted by atomic mass is 10.1. The highest BCUT2D eigenvalue weighted by Gasteiger charge is 2.21. The molecule has 3 aromatic rings. The second kappa shape index (κ2) is 18.2. The molecule has 1 fully saturated rings. The van der Waals surface area contributed by atoms with Crippen molar-refractivity contribution in [3.8, 4) is 23.0 Å². The van der Waals surface area contributed by atoms with Gasteiger partial charge in [-0.25, -0.2) is 0 Å². The largest absolute Gasteiger partial charge is 0.496 e. The van der Waals surface area contributed by atoms with Crippen LogP contribution >= 0.6 is 0 Å². The van der Waals surface area contributed by atoms with Crippen LogP contribution < -0.4 is 29.6 Å². The zero-order valence-electron chi connectivity index (χ0n) is 28.3. The topological polar surface area (TPSA) is 107 Å². The molecule has 1 heterocycles. The fraction of sp³-hybridized carbons (Fsp3) is 0.459. The van der Waals surface area contributed by atoms with E-state index in [9.17, 15) is 9.59 Å². The molecule has 254 valence electrons.